The van der Waals surface area contributed by atoms with Crippen LogP contribution in [0.25, 0.3) is 23.1 Å². The van der Waals surface area contributed by atoms with Crippen LogP contribution in [0.3, 0.4) is 0 Å². The minimum Gasteiger partial charge on any atom is -0.330 e. The number of aromatic nitrogens is 5. The molecule has 1 N–H and O–H groups in total. The van der Waals surface area contributed by atoms with Gasteiger partial charge in [-0.25, -0.2) is 4.39 Å². The third-order valence-electron chi connectivity index (χ3n) is 4.43. The molecule has 31 heavy (non-hydrogen) atoms. The molecular weight excluding hydrogens is 443 g/mol. The third kappa shape index (κ3) is 4.59. The third-order valence-corrected chi connectivity index (χ3v) is 5.86. The van der Waals surface area contributed by atoms with E-state index in [1.165, 1.54) is 23.9 Å². The molecule has 0 aliphatic heterocycles. The number of anilines is 1. The summed E-state index contributed by atoms with van der Waals surface area (Å²) in [6.45, 7) is 1.84. The summed E-state index contributed by atoms with van der Waals surface area (Å²) in [5, 5.41) is 16.0. The van der Waals surface area contributed by atoms with Crippen LogP contribution in [0.2, 0.25) is 5.02 Å². The summed E-state index contributed by atoms with van der Waals surface area (Å²) in [4.78, 5) is 16.6. The highest BCUT2D eigenvalue weighted by atomic mass is 35.5. The van der Waals surface area contributed by atoms with Gasteiger partial charge in [0.2, 0.25) is 17.6 Å². The van der Waals surface area contributed by atoms with E-state index >= 15 is 0 Å². The topological polar surface area (TPSA) is 98.7 Å². The second-order valence-corrected chi connectivity index (χ2v) is 7.89. The van der Waals surface area contributed by atoms with Crippen molar-refractivity contribution >= 4 is 35.0 Å². The fraction of sp³-hybridized carbons (Fsp3) is 0.150. The van der Waals surface area contributed by atoms with Gasteiger partial charge in [0.25, 0.3) is 5.89 Å². The number of rotatable bonds is 6. The molecule has 1 amide bonds. The molecule has 11 heteroatoms. The van der Waals surface area contributed by atoms with Crippen molar-refractivity contribution in [1.29, 1.82) is 0 Å². The van der Waals surface area contributed by atoms with Crippen LogP contribution < -0.4 is 5.32 Å². The smallest absolute Gasteiger partial charge is 0.296 e. The summed E-state index contributed by atoms with van der Waals surface area (Å²) >= 11 is 7.30. The summed E-state index contributed by atoms with van der Waals surface area (Å²) in [5.74, 6) is 0.411. The molecular formula is C20H16ClFN6O2S. The Morgan fingerprint density at radius 1 is 1.23 bits per heavy atom. The van der Waals surface area contributed by atoms with E-state index in [2.05, 4.69) is 25.7 Å². The first-order chi connectivity index (χ1) is 14.9. The molecule has 4 aromatic rings. The maximum atomic E-state index is 13.1. The molecule has 0 radical (unpaired) electrons. The largest absolute Gasteiger partial charge is 0.330 e. The SMILES string of the molecule is Cc1c(Cl)cccc1NC(=O)CSc1nnc(-c2nc(-c3ccc(F)cc3)no2)n1C. The molecule has 0 aliphatic rings. The first kappa shape index (κ1) is 21.0. The highest BCUT2D eigenvalue weighted by molar-refractivity contribution is 7.99. The average Bonchev–Trinajstić information content (AvgIpc) is 3.37. The molecule has 0 unspecified atom stereocenters. The van der Waals surface area contributed by atoms with E-state index in [1.807, 2.05) is 6.92 Å². The first-order valence-electron chi connectivity index (χ1n) is 9.09. The Morgan fingerprint density at radius 2 is 2.00 bits per heavy atom. The van der Waals surface area contributed by atoms with Crippen LogP contribution in [0.1, 0.15) is 5.56 Å². The van der Waals surface area contributed by atoms with Gasteiger partial charge in [0.1, 0.15) is 5.82 Å². The molecule has 0 bridgehead atoms. The van der Waals surface area contributed by atoms with Gasteiger partial charge >= 0.3 is 0 Å². The van der Waals surface area contributed by atoms with E-state index in [-0.39, 0.29) is 23.4 Å². The maximum absolute atomic E-state index is 13.1. The van der Waals surface area contributed by atoms with Crippen molar-refractivity contribution in [2.24, 2.45) is 7.05 Å². The molecule has 0 saturated heterocycles. The number of hydrogen-bond acceptors (Lipinski definition) is 7. The van der Waals surface area contributed by atoms with E-state index in [0.717, 1.165) is 5.56 Å². The normalized spacial score (nSPS) is 11.0. The summed E-state index contributed by atoms with van der Waals surface area (Å²) < 4.78 is 20.0. The monoisotopic (exact) mass is 458 g/mol. The molecule has 2 aromatic carbocycles. The number of nitrogens with zero attached hydrogens (tertiary/aromatic N) is 5. The fourth-order valence-corrected chi connectivity index (χ4v) is 3.60. The Morgan fingerprint density at radius 3 is 2.77 bits per heavy atom. The Balaban J connectivity index is 1.43. The predicted molar refractivity (Wildman–Crippen MR) is 115 cm³/mol. The van der Waals surface area contributed by atoms with Gasteiger partial charge in [-0.1, -0.05) is 34.6 Å². The number of carbonyl (C=O) groups excluding carboxylic acids is 1. The van der Waals surface area contributed by atoms with Gasteiger partial charge in [-0.3, -0.25) is 4.79 Å². The predicted octanol–water partition coefficient (Wildman–Crippen LogP) is 4.36. The summed E-state index contributed by atoms with van der Waals surface area (Å²) in [6.07, 6.45) is 0. The Hall–Kier alpha value is -3.24. The number of thioether (sulfide) groups is 1. The number of halogens is 2. The van der Waals surface area contributed by atoms with Gasteiger partial charge in [0.15, 0.2) is 5.16 Å². The minimum atomic E-state index is -0.350. The standard InChI is InChI=1S/C20H16ClFN6O2S/c1-11-14(21)4-3-5-15(11)23-16(29)10-31-20-26-25-18(28(20)2)19-24-17(27-30-19)12-6-8-13(22)9-7-12/h3-9H,10H2,1-2H3,(H,23,29). The molecule has 0 atom stereocenters. The Labute approximate surface area is 185 Å². The van der Waals surface area contributed by atoms with Gasteiger partial charge < -0.3 is 14.4 Å². The zero-order valence-corrected chi connectivity index (χ0v) is 18.0. The summed E-state index contributed by atoms with van der Waals surface area (Å²) in [5.41, 5.74) is 2.08. The number of amides is 1. The lowest BCUT2D eigenvalue weighted by molar-refractivity contribution is -0.113. The lowest BCUT2D eigenvalue weighted by Crippen LogP contribution is -2.15. The van der Waals surface area contributed by atoms with E-state index in [9.17, 15) is 9.18 Å². The number of nitrogens with one attached hydrogen (secondary N) is 1. The van der Waals surface area contributed by atoms with Crippen LogP contribution in [0.5, 0.6) is 0 Å². The van der Waals surface area contributed by atoms with Gasteiger partial charge in [-0.2, -0.15) is 4.98 Å². The van der Waals surface area contributed by atoms with Crippen molar-refractivity contribution in [2.75, 3.05) is 11.1 Å². The van der Waals surface area contributed by atoms with E-state index in [1.54, 1.807) is 41.9 Å². The van der Waals surface area contributed by atoms with Crippen LogP contribution in [0, 0.1) is 12.7 Å². The van der Waals surface area contributed by atoms with Crippen LogP contribution in [-0.4, -0.2) is 36.6 Å². The highest BCUT2D eigenvalue weighted by Crippen LogP contribution is 2.26. The van der Waals surface area contributed by atoms with Gasteiger partial charge in [0.05, 0.1) is 5.75 Å². The van der Waals surface area contributed by atoms with E-state index in [4.69, 9.17) is 16.1 Å². The van der Waals surface area contributed by atoms with Crippen LogP contribution >= 0.6 is 23.4 Å². The minimum absolute atomic E-state index is 0.128. The van der Waals surface area contributed by atoms with Gasteiger partial charge in [-0.05, 0) is 48.9 Å². The molecule has 0 saturated carbocycles. The molecule has 8 nitrogen and oxygen atoms in total. The van der Waals surface area contributed by atoms with E-state index < -0.39 is 0 Å². The number of carbonyl (C=O) groups is 1. The van der Waals surface area contributed by atoms with Crippen LogP contribution in [0.15, 0.2) is 52.1 Å². The molecule has 2 aromatic heterocycles. The molecule has 4 rings (SSSR count). The zero-order valence-electron chi connectivity index (χ0n) is 16.5. The van der Waals surface area contributed by atoms with Crippen LogP contribution in [0.4, 0.5) is 10.1 Å². The summed E-state index contributed by atoms with van der Waals surface area (Å²) in [6, 6.07) is 11.1. The number of benzene rings is 2. The maximum Gasteiger partial charge on any atom is 0.296 e. The molecule has 2 heterocycles. The van der Waals surface area contributed by atoms with Crippen molar-refractivity contribution in [3.8, 4) is 23.1 Å². The molecule has 0 fully saturated rings. The molecule has 158 valence electrons. The first-order valence-corrected chi connectivity index (χ1v) is 10.5. The van der Waals surface area contributed by atoms with Gasteiger partial charge in [-0.15, -0.1) is 10.2 Å². The number of hydrogen-bond donors (Lipinski definition) is 1. The molecule has 0 aliphatic carbocycles. The lowest BCUT2D eigenvalue weighted by atomic mass is 10.2. The zero-order chi connectivity index (χ0) is 22.0. The molecule has 0 spiro atoms. The van der Waals surface area contributed by atoms with Crippen LogP contribution in [-0.2, 0) is 11.8 Å². The van der Waals surface area contributed by atoms with Crippen molar-refractivity contribution in [3.05, 3.63) is 58.9 Å². The average molecular weight is 459 g/mol. The van der Waals surface area contributed by atoms with Gasteiger partial charge in [0, 0.05) is 23.3 Å². The van der Waals surface area contributed by atoms with Crippen molar-refractivity contribution in [3.63, 3.8) is 0 Å². The second kappa shape index (κ2) is 8.86. The fourth-order valence-electron chi connectivity index (χ4n) is 2.72. The Bertz CT molecular complexity index is 1240. The van der Waals surface area contributed by atoms with Crippen molar-refractivity contribution in [2.45, 2.75) is 12.1 Å². The second-order valence-electron chi connectivity index (χ2n) is 6.54. The summed E-state index contributed by atoms with van der Waals surface area (Å²) in [7, 11) is 1.73. The lowest BCUT2D eigenvalue weighted by Gasteiger charge is -2.09. The highest BCUT2D eigenvalue weighted by Gasteiger charge is 2.19. The Kier molecular flexibility index (Phi) is 6.01. The van der Waals surface area contributed by atoms with Crippen molar-refractivity contribution in [1.82, 2.24) is 24.9 Å². The quantitative estimate of drug-likeness (QED) is 0.428. The van der Waals surface area contributed by atoms with E-state index in [0.29, 0.717) is 33.1 Å². The van der Waals surface area contributed by atoms with Crippen molar-refractivity contribution < 1.29 is 13.7 Å².